The number of hydrogen-bond donors (Lipinski definition) is 3. The minimum atomic E-state index is -1.10. The van der Waals surface area contributed by atoms with Crippen LogP contribution in [-0.2, 0) is 4.79 Å². The Morgan fingerprint density at radius 1 is 1.47 bits per heavy atom. The van der Waals surface area contributed by atoms with Gasteiger partial charge in [0.05, 0.1) is 12.1 Å². The van der Waals surface area contributed by atoms with Crippen LogP contribution in [-0.4, -0.2) is 42.9 Å². The van der Waals surface area contributed by atoms with E-state index in [1.54, 1.807) is 0 Å². The summed E-state index contributed by atoms with van der Waals surface area (Å²) in [7, 11) is 0. The molecule has 0 amide bonds. The predicted octanol–water partition coefficient (Wildman–Crippen LogP) is -4.36. The maximum absolute atomic E-state index is 10.3. The molecule has 5 nitrogen and oxygen atoms in total. The van der Waals surface area contributed by atoms with Crippen LogP contribution in [0.4, 0.5) is 0 Å². The number of aliphatic carboxylic acids is 1. The average molecular weight is 252 g/mol. The molecule has 0 spiro atoms. The first kappa shape index (κ1) is 19.4. The van der Waals surface area contributed by atoms with E-state index in [9.17, 15) is 15.0 Å². The number of carboxylic acids is 1. The second-order valence-electron chi connectivity index (χ2n) is 3.66. The Bertz CT molecular complexity index is 225. The molecule has 0 rings (SSSR count). The second kappa shape index (κ2) is 12.5. The van der Waals surface area contributed by atoms with Crippen molar-refractivity contribution in [3.05, 3.63) is 12.2 Å². The van der Waals surface area contributed by atoms with Gasteiger partial charge in [0.1, 0.15) is 0 Å². The molecule has 6 heteroatoms. The van der Waals surface area contributed by atoms with Crippen molar-refractivity contribution in [2.24, 2.45) is 0 Å². The molecular formula is C11H21N2NaO3. The number of hydrogen-bond acceptors (Lipinski definition) is 5. The van der Waals surface area contributed by atoms with Crippen LogP contribution in [0.5, 0.6) is 0 Å². The van der Waals surface area contributed by atoms with Crippen LogP contribution in [0.1, 0.15) is 20.3 Å². The Morgan fingerprint density at radius 3 is 2.65 bits per heavy atom. The molecule has 0 aromatic heterocycles. The summed E-state index contributed by atoms with van der Waals surface area (Å²) in [5, 5.41) is 25.6. The standard InChI is InChI=1S/C11H22N2O3.Na/c1-3-4-5-10(14)8-12-6-7-13-9(2)11(15)16;/h3-4,9-10,12-14H,5-8H2,1-2H3,(H,15,16);/q;+1/p-1/b4-3+;. The Balaban J connectivity index is 0. The van der Waals surface area contributed by atoms with Crippen molar-refractivity contribution < 1.29 is 44.6 Å². The molecule has 0 aromatic rings. The summed E-state index contributed by atoms with van der Waals surface area (Å²) < 4.78 is 0. The zero-order valence-electron chi connectivity index (χ0n) is 10.9. The van der Waals surface area contributed by atoms with E-state index in [-0.39, 0.29) is 29.6 Å². The van der Waals surface area contributed by atoms with Gasteiger partial charge in [-0.1, -0.05) is 12.2 Å². The number of nitrogens with one attached hydrogen (secondary N) is 2. The summed E-state index contributed by atoms with van der Waals surface area (Å²) in [4.78, 5) is 10.3. The maximum Gasteiger partial charge on any atom is 1.00 e. The van der Waals surface area contributed by atoms with E-state index in [2.05, 4.69) is 10.6 Å². The zero-order chi connectivity index (χ0) is 12.4. The number of carbonyl (C=O) groups is 1. The molecule has 3 N–H and O–H groups in total. The Morgan fingerprint density at radius 2 is 2.12 bits per heavy atom. The van der Waals surface area contributed by atoms with Crippen LogP contribution in [0, 0.1) is 0 Å². The van der Waals surface area contributed by atoms with Crippen LogP contribution in [0.15, 0.2) is 12.2 Å². The third-order valence-electron chi connectivity index (χ3n) is 2.13. The summed E-state index contributed by atoms with van der Waals surface area (Å²) in [6.45, 7) is 5.10. The van der Waals surface area contributed by atoms with Crippen molar-refractivity contribution in [1.82, 2.24) is 10.6 Å². The van der Waals surface area contributed by atoms with E-state index < -0.39 is 18.1 Å². The molecule has 0 aliphatic rings. The van der Waals surface area contributed by atoms with Gasteiger partial charge in [-0.2, -0.15) is 0 Å². The number of rotatable bonds is 9. The van der Waals surface area contributed by atoms with Crippen molar-refractivity contribution in [3.8, 4) is 0 Å². The van der Waals surface area contributed by atoms with E-state index in [1.165, 1.54) is 6.92 Å². The molecular weight excluding hydrogens is 231 g/mol. The van der Waals surface area contributed by atoms with Crippen LogP contribution in [0.2, 0.25) is 0 Å². The molecule has 0 aliphatic heterocycles. The molecule has 0 aromatic carbocycles. The molecule has 0 heterocycles. The minimum absolute atomic E-state index is 0. The van der Waals surface area contributed by atoms with Gasteiger partial charge in [-0.25, -0.2) is 0 Å². The first-order chi connectivity index (χ1) is 7.57. The van der Waals surface area contributed by atoms with Crippen molar-refractivity contribution in [3.63, 3.8) is 0 Å². The largest absolute Gasteiger partial charge is 1.00 e. The minimum Gasteiger partial charge on any atom is -0.548 e. The van der Waals surface area contributed by atoms with Crippen LogP contribution >= 0.6 is 0 Å². The summed E-state index contributed by atoms with van der Waals surface area (Å²) >= 11 is 0. The first-order valence-corrected chi connectivity index (χ1v) is 5.52. The van der Waals surface area contributed by atoms with Gasteiger partial charge < -0.3 is 25.6 Å². The van der Waals surface area contributed by atoms with Gasteiger partial charge in [-0.15, -0.1) is 0 Å². The smallest absolute Gasteiger partial charge is 0.548 e. The molecule has 0 radical (unpaired) electrons. The van der Waals surface area contributed by atoms with Gasteiger partial charge in [-0.05, 0) is 20.3 Å². The molecule has 0 aliphatic carbocycles. The average Bonchev–Trinajstić information content (AvgIpc) is 2.25. The van der Waals surface area contributed by atoms with Crippen molar-refractivity contribution >= 4 is 5.97 Å². The van der Waals surface area contributed by atoms with Crippen molar-refractivity contribution in [2.45, 2.75) is 32.4 Å². The molecule has 94 valence electrons. The number of carboxylic acid groups (broad SMARTS) is 1. The molecule has 17 heavy (non-hydrogen) atoms. The van der Waals surface area contributed by atoms with Gasteiger partial charge in [0.2, 0.25) is 0 Å². The summed E-state index contributed by atoms with van der Waals surface area (Å²) in [6, 6.07) is -0.644. The summed E-state index contributed by atoms with van der Waals surface area (Å²) in [5.74, 6) is -1.10. The quantitative estimate of drug-likeness (QED) is 0.219. The van der Waals surface area contributed by atoms with Crippen molar-refractivity contribution in [1.29, 1.82) is 0 Å². The molecule has 0 bridgehead atoms. The maximum atomic E-state index is 10.3. The van der Waals surface area contributed by atoms with E-state index in [4.69, 9.17) is 0 Å². The summed E-state index contributed by atoms with van der Waals surface area (Å²) in [5.41, 5.74) is 0. The van der Waals surface area contributed by atoms with Gasteiger partial charge in [-0.3, -0.25) is 0 Å². The normalized spacial score (nSPS) is 14.3. The third-order valence-corrected chi connectivity index (χ3v) is 2.13. The summed E-state index contributed by atoms with van der Waals surface area (Å²) in [6.07, 6.45) is 4.04. The fraction of sp³-hybridized carbons (Fsp3) is 0.727. The predicted molar refractivity (Wildman–Crippen MR) is 60.8 cm³/mol. The van der Waals surface area contributed by atoms with Gasteiger partial charge in [0.25, 0.3) is 0 Å². The third kappa shape index (κ3) is 12.3. The molecule has 2 atom stereocenters. The van der Waals surface area contributed by atoms with Gasteiger partial charge in [0, 0.05) is 25.7 Å². The Kier molecular flexibility index (Phi) is 14.3. The number of aliphatic hydroxyl groups is 1. The second-order valence-corrected chi connectivity index (χ2v) is 3.66. The Hall–Kier alpha value is 0.0900. The zero-order valence-corrected chi connectivity index (χ0v) is 12.9. The SMILES string of the molecule is C/C=C/CC(O)CNCCNC(C)C(=O)[O-].[Na+]. The van der Waals surface area contributed by atoms with Crippen LogP contribution in [0.3, 0.4) is 0 Å². The van der Waals surface area contributed by atoms with Gasteiger partial charge >= 0.3 is 29.6 Å². The van der Waals surface area contributed by atoms with E-state index in [0.717, 1.165) is 0 Å². The molecule has 0 saturated heterocycles. The molecule has 0 saturated carbocycles. The number of carbonyl (C=O) groups excluding carboxylic acids is 1. The molecule has 0 fully saturated rings. The van der Waals surface area contributed by atoms with E-state index >= 15 is 0 Å². The number of aliphatic hydroxyl groups excluding tert-OH is 1. The first-order valence-electron chi connectivity index (χ1n) is 5.52. The van der Waals surface area contributed by atoms with Crippen LogP contribution < -0.4 is 45.3 Å². The topological polar surface area (TPSA) is 84.4 Å². The molecule has 2 unspecified atom stereocenters. The van der Waals surface area contributed by atoms with E-state index in [1.807, 2.05) is 19.1 Å². The van der Waals surface area contributed by atoms with Crippen LogP contribution in [0.25, 0.3) is 0 Å². The monoisotopic (exact) mass is 252 g/mol. The number of allylic oxidation sites excluding steroid dienone is 1. The fourth-order valence-corrected chi connectivity index (χ4v) is 1.11. The Labute approximate surface area is 125 Å². The van der Waals surface area contributed by atoms with E-state index in [0.29, 0.717) is 26.1 Å². The van der Waals surface area contributed by atoms with Crippen molar-refractivity contribution in [2.75, 3.05) is 19.6 Å². The fourth-order valence-electron chi connectivity index (χ4n) is 1.11. The van der Waals surface area contributed by atoms with Gasteiger partial charge in [0.15, 0.2) is 0 Å².